The Morgan fingerprint density at radius 3 is 2.32 bits per heavy atom. The summed E-state index contributed by atoms with van der Waals surface area (Å²) >= 11 is 0. The normalized spacial score (nSPS) is 23.6. The summed E-state index contributed by atoms with van der Waals surface area (Å²) in [6, 6.07) is 8.81. The highest BCUT2D eigenvalue weighted by molar-refractivity contribution is 5.58. The molecule has 0 amide bonds. The third kappa shape index (κ3) is 3.42. The molecule has 0 aromatic heterocycles. The van der Waals surface area contributed by atoms with Gasteiger partial charge in [0.2, 0.25) is 0 Å². The van der Waals surface area contributed by atoms with Crippen LogP contribution >= 0.6 is 0 Å². The highest BCUT2D eigenvalue weighted by atomic mass is 15.5. The maximum absolute atomic E-state index is 2.69. The van der Waals surface area contributed by atoms with Gasteiger partial charge < -0.3 is 4.90 Å². The molecule has 1 atom stereocenters. The van der Waals surface area contributed by atoms with Gasteiger partial charge in [0.25, 0.3) is 0 Å². The maximum Gasteiger partial charge on any atom is 0.0832 e. The molecular weight excluding hydrogens is 304 g/mol. The van der Waals surface area contributed by atoms with Gasteiger partial charge in [-0.25, -0.2) is 0 Å². The van der Waals surface area contributed by atoms with Crippen LogP contribution in [-0.2, 0) is 0 Å². The molecule has 1 unspecified atom stereocenters. The Labute approximate surface area is 155 Å². The van der Waals surface area contributed by atoms with Gasteiger partial charge in [0.15, 0.2) is 0 Å². The molecule has 138 valence electrons. The molecular formula is C23H36N2. The van der Waals surface area contributed by atoms with E-state index in [1.807, 2.05) is 0 Å². The van der Waals surface area contributed by atoms with Crippen LogP contribution in [0.1, 0.15) is 60.5 Å². The minimum Gasteiger partial charge on any atom is -0.349 e. The lowest BCUT2D eigenvalue weighted by Gasteiger charge is -2.43. The number of para-hydroxylation sites is 1. The van der Waals surface area contributed by atoms with E-state index in [-0.39, 0.29) is 11.1 Å². The minimum atomic E-state index is 0.0423. The number of benzene rings is 1. The smallest absolute Gasteiger partial charge is 0.0832 e. The van der Waals surface area contributed by atoms with E-state index < -0.39 is 0 Å². The molecule has 1 aliphatic rings. The van der Waals surface area contributed by atoms with Gasteiger partial charge in [0.1, 0.15) is 0 Å². The number of aryl methyl sites for hydroxylation is 1. The predicted molar refractivity (Wildman–Crippen MR) is 111 cm³/mol. The van der Waals surface area contributed by atoms with E-state index in [1.165, 1.54) is 16.8 Å². The summed E-state index contributed by atoms with van der Waals surface area (Å²) in [4.78, 5) is 5.35. The molecule has 25 heavy (non-hydrogen) atoms. The van der Waals surface area contributed by atoms with Gasteiger partial charge in [0.05, 0.1) is 11.7 Å². The first-order valence-corrected chi connectivity index (χ1v) is 9.58. The standard InChI is InChI=1S/C23H36N2/c1-9-11-14-18(3)17-24-21(10-2)25(23(7,8)22(24,5)6)20-16-13-12-15-19(20)4/h9,11-16,21H,10,17H2,1-8H3/b11-9-,18-14-. The molecule has 0 radical (unpaired) electrons. The second-order valence-electron chi connectivity index (χ2n) is 8.33. The Morgan fingerprint density at radius 1 is 1.12 bits per heavy atom. The SMILES string of the molecule is C/C=C\C=C(\C)CN1C(CC)N(c2ccccc2C)C(C)(C)C1(C)C. The van der Waals surface area contributed by atoms with Crippen LogP contribution in [0.25, 0.3) is 0 Å². The van der Waals surface area contributed by atoms with Crippen molar-refractivity contribution in [2.75, 3.05) is 11.4 Å². The molecule has 1 aliphatic heterocycles. The summed E-state index contributed by atoms with van der Waals surface area (Å²) in [5.74, 6) is 0. The van der Waals surface area contributed by atoms with Crippen molar-refractivity contribution in [2.24, 2.45) is 0 Å². The topological polar surface area (TPSA) is 6.48 Å². The fourth-order valence-corrected chi connectivity index (χ4v) is 4.11. The first kappa shape index (κ1) is 19.8. The van der Waals surface area contributed by atoms with Crippen molar-refractivity contribution in [1.82, 2.24) is 4.90 Å². The molecule has 2 rings (SSSR count). The summed E-state index contributed by atoms with van der Waals surface area (Å²) in [6.07, 6.45) is 7.99. The first-order chi connectivity index (χ1) is 11.7. The van der Waals surface area contributed by atoms with Crippen LogP contribution in [0, 0.1) is 6.92 Å². The molecule has 0 N–H and O–H groups in total. The van der Waals surface area contributed by atoms with Gasteiger partial charge in [0, 0.05) is 17.8 Å². The second-order valence-corrected chi connectivity index (χ2v) is 8.33. The van der Waals surface area contributed by atoms with Gasteiger partial charge in [-0.15, -0.1) is 0 Å². The van der Waals surface area contributed by atoms with Crippen LogP contribution in [0.3, 0.4) is 0 Å². The lowest BCUT2D eigenvalue weighted by Crippen LogP contribution is -2.54. The van der Waals surface area contributed by atoms with E-state index in [9.17, 15) is 0 Å². The molecule has 2 nitrogen and oxygen atoms in total. The number of anilines is 1. The van der Waals surface area contributed by atoms with E-state index in [2.05, 4.69) is 108 Å². The number of rotatable bonds is 5. The Balaban J connectivity index is 2.50. The van der Waals surface area contributed by atoms with E-state index >= 15 is 0 Å². The Kier molecular flexibility index (Phi) is 5.83. The van der Waals surface area contributed by atoms with Crippen LogP contribution in [0.4, 0.5) is 5.69 Å². The van der Waals surface area contributed by atoms with Crippen LogP contribution in [0.15, 0.2) is 48.1 Å². The van der Waals surface area contributed by atoms with Crippen LogP contribution in [-0.4, -0.2) is 28.7 Å². The Morgan fingerprint density at radius 2 is 1.76 bits per heavy atom. The van der Waals surface area contributed by atoms with Gasteiger partial charge >= 0.3 is 0 Å². The largest absolute Gasteiger partial charge is 0.349 e. The summed E-state index contributed by atoms with van der Waals surface area (Å²) < 4.78 is 0. The Hall–Kier alpha value is -1.54. The monoisotopic (exact) mass is 340 g/mol. The van der Waals surface area contributed by atoms with Crippen molar-refractivity contribution in [3.8, 4) is 0 Å². The average Bonchev–Trinajstić information content (AvgIpc) is 2.70. The Bertz CT molecular complexity index is 652. The van der Waals surface area contributed by atoms with Crippen molar-refractivity contribution >= 4 is 5.69 Å². The maximum atomic E-state index is 2.69. The molecule has 1 fully saturated rings. The van der Waals surface area contributed by atoms with Crippen LogP contribution in [0.2, 0.25) is 0 Å². The zero-order valence-corrected chi connectivity index (χ0v) is 17.4. The highest BCUT2D eigenvalue weighted by Gasteiger charge is 2.56. The van der Waals surface area contributed by atoms with Gasteiger partial charge in [-0.1, -0.05) is 48.9 Å². The lowest BCUT2D eigenvalue weighted by atomic mass is 9.81. The van der Waals surface area contributed by atoms with Gasteiger partial charge in [-0.3, -0.25) is 4.90 Å². The fraction of sp³-hybridized carbons (Fsp3) is 0.565. The third-order valence-electron chi connectivity index (χ3n) is 6.21. The van der Waals surface area contributed by atoms with Crippen molar-refractivity contribution in [1.29, 1.82) is 0 Å². The zero-order chi connectivity index (χ0) is 18.8. The molecule has 0 bridgehead atoms. The summed E-state index contributed by atoms with van der Waals surface area (Å²) in [5.41, 5.74) is 4.24. The molecule has 0 aliphatic carbocycles. The molecule has 1 aromatic carbocycles. The molecule has 0 spiro atoms. The van der Waals surface area contributed by atoms with E-state index in [0.29, 0.717) is 6.17 Å². The van der Waals surface area contributed by atoms with Crippen LogP contribution in [0.5, 0.6) is 0 Å². The molecule has 1 saturated heterocycles. The van der Waals surface area contributed by atoms with Crippen molar-refractivity contribution < 1.29 is 0 Å². The first-order valence-electron chi connectivity index (χ1n) is 9.58. The number of hydrogen-bond acceptors (Lipinski definition) is 2. The van der Waals surface area contributed by atoms with Gasteiger partial charge in [-0.2, -0.15) is 0 Å². The van der Waals surface area contributed by atoms with E-state index in [4.69, 9.17) is 0 Å². The number of hydrogen-bond donors (Lipinski definition) is 0. The van der Waals surface area contributed by atoms with Crippen molar-refractivity contribution in [3.63, 3.8) is 0 Å². The minimum absolute atomic E-state index is 0.0423. The number of allylic oxidation sites excluding steroid dienone is 3. The summed E-state index contributed by atoms with van der Waals surface area (Å²) in [5, 5.41) is 0. The second kappa shape index (κ2) is 7.37. The summed E-state index contributed by atoms with van der Waals surface area (Å²) in [7, 11) is 0. The van der Waals surface area contributed by atoms with Crippen molar-refractivity contribution in [3.05, 3.63) is 53.6 Å². The molecule has 0 saturated carbocycles. The quantitative estimate of drug-likeness (QED) is 0.613. The van der Waals surface area contributed by atoms with Crippen molar-refractivity contribution in [2.45, 2.75) is 79.1 Å². The predicted octanol–water partition coefficient (Wildman–Crippen LogP) is 5.93. The molecule has 1 aromatic rings. The van der Waals surface area contributed by atoms with E-state index in [0.717, 1.165) is 13.0 Å². The summed E-state index contributed by atoms with van der Waals surface area (Å²) in [6.45, 7) is 19.4. The van der Waals surface area contributed by atoms with Gasteiger partial charge in [-0.05, 0) is 66.5 Å². The van der Waals surface area contributed by atoms with Crippen LogP contribution < -0.4 is 4.90 Å². The molecule has 2 heteroatoms. The average molecular weight is 341 g/mol. The highest BCUT2D eigenvalue weighted by Crippen LogP contribution is 2.47. The fourth-order valence-electron chi connectivity index (χ4n) is 4.11. The van der Waals surface area contributed by atoms with E-state index in [1.54, 1.807) is 0 Å². The molecule has 1 heterocycles. The third-order valence-corrected chi connectivity index (χ3v) is 6.21. The zero-order valence-electron chi connectivity index (χ0n) is 17.4. The number of nitrogens with zero attached hydrogens (tertiary/aromatic N) is 2. The lowest BCUT2D eigenvalue weighted by molar-refractivity contribution is 0.112.